The van der Waals surface area contributed by atoms with Gasteiger partial charge in [0.15, 0.2) is 0 Å². The summed E-state index contributed by atoms with van der Waals surface area (Å²) < 4.78 is 0. The lowest BCUT2D eigenvalue weighted by Crippen LogP contribution is -2.07. The number of benzene rings is 1. The second-order valence-corrected chi connectivity index (χ2v) is 5.25. The summed E-state index contributed by atoms with van der Waals surface area (Å²) in [6.45, 7) is 0. The molecule has 106 valence electrons. The van der Waals surface area contributed by atoms with Gasteiger partial charge in [-0.25, -0.2) is 0 Å². The first-order valence-corrected chi connectivity index (χ1v) is 7.11. The third kappa shape index (κ3) is 3.51. The molecule has 0 amide bonds. The molecule has 0 aliphatic rings. The number of pyridine rings is 1. The predicted molar refractivity (Wildman–Crippen MR) is 83.3 cm³/mol. The van der Waals surface area contributed by atoms with Crippen LogP contribution in [-0.2, 0) is 12.8 Å². The minimum absolute atomic E-state index is 0.310. The van der Waals surface area contributed by atoms with Crippen molar-refractivity contribution in [2.24, 2.45) is 0 Å². The van der Waals surface area contributed by atoms with E-state index in [0.717, 1.165) is 12.8 Å². The molecular weight excluding hydrogens is 260 g/mol. The van der Waals surface area contributed by atoms with Crippen LogP contribution >= 0.6 is 0 Å². The van der Waals surface area contributed by atoms with Crippen LogP contribution in [0.5, 0.6) is 5.75 Å². The topological polar surface area (TPSA) is 48.9 Å². The Labute approximate surface area is 124 Å². The molecule has 3 aromatic rings. The first-order chi connectivity index (χ1) is 10.3. The van der Waals surface area contributed by atoms with Gasteiger partial charge in [-0.05, 0) is 60.4 Å². The number of phenolic OH excluding ortho intramolecular Hbond substituents is 1. The van der Waals surface area contributed by atoms with Crippen molar-refractivity contribution < 1.29 is 5.11 Å². The smallest absolute Gasteiger partial charge is 0.115 e. The number of H-pyrrole nitrogens is 1. The Kier molecular flexibility index (Phi) is 4.01. The van der Waals surface area contributed by atoms with Crippen LogP contribution in [-0.4, -0.2) is 15.1 Å². The molecule has 3 rings (SSSR count). The lowest BCUT2D eigenvalue weighted by Gasteiger charge is -2.16. The van der Waals surface area contributed by atoms with E-state index in [4.69, 9.17) is 0 Å². The molecule has 0 saturated heterocycles. The predicted octanol–water partition coefficient (Wildman–Crippen LogP) is 3.68. The van der Waals surface area contributed by atoms with Crippen molar-refractivity contribution in [1.82, 2.24) is 9.97 Å². The molecule has 0 aliphatic heterocycles. The summed E-state index contributed by atoms with van der Waals surface area (Å²) in [6.07, 6.45) is 7.53. The largest absolute Gasteiger partial charge is 0.508 e. The molecule has 3 nitrogen and oxygen atoms in total. The molecule has 1 unspecified atom stereocenters. The molecule has 1 atom stereocenters. The fraction of sp³-hybridized carbons (Fsp3) is 0.167. The molecule has 3 heteroatoms. The van der Waals surface area contributed by atoms with Gasteiger partial charge in [-0.15, -0.1) is 0 Å². The van der Waals surface area contributed by atoms with E-state index in [2.05, 4.69) is 28.2 Å². The van der Waals surface area contributed by atoms with Crippen molar-refractivity contribution in [1.29, 1.82) is 0 Å². The van der Waals surface area contributed by atoms with Crippen molar-refractivity contribution in [3.8, 4) is 5.75 Å². The summed E-state index contributed by atoms with van der Waals surface area (Å²) in [5.74, 6) is 0.691. The van der Waals surface area contributed by atoms with E-state index in [-0.39, 0.29) is 0 Å². The summed E-state index contributed by atoms with van der Waals surface area (Å²) >= 11 is 0. The third-order valence-electron chi connectivity index (χ3n) is 3.71. The molecule has 1 aromatic carbocycles. The van der Waals surface area contributed by atoms with E-state index in [1.54, 1.807) is 12.1 Å². The second-order valence-electron chi connectivity index (χ2n) is 5.25. The SMILES string of the molecule is Oc1ccc(CC(Cc2ccncc2)c2ccc[nH]2)cc1. The van der Waals surface area contributed by atoms with Gasteiger partial charge in [0.2, 0.25) is 0 Å². The Balaban J connectivity index is 1.81. The molecule has 21 heavy (non-hydrogen) atoms. The molecule has 0 radical (unpaired) electrons. The fourth-order valence-electron chi connectivity index (χ4n) is 2.61. The maximum Gasteiger partial charge on any atom is 0.115 e. The first kappa shape index (κ1) is 13.4. The summed E-state index contributed by atoms with van der Waals surface area (Å²) in [7, 11) is 0. The number of phenols is 1. The van der Waals surface area contributed by atoms with Gasteiger partial charge >= 0.3 is 0 Å². The van der Waals surface area contributed by atoms with E-state index in [1.807, 2.05) is 36.8 Å². The zero-order valence-corrected chi connectivity index (χ0v) is 11.7. The number of hydrogen-bond acceptors (Lipinski definition) is 2. The number of aromatic amines is 1. The van der Waals surface area contributed by atoms with Gasteiger partial charge in [0.05, 0.1) is 0 Å². The highest BCUT2D eigenvalue weighted by Gasteiger charge is 2.14. The second kappa shape index (κ2) is 6.27. The van der Waals surface area contributed by atoms with Gasteiger partial charge in [0.1, 0.15) is 5.75 Å². The van der Waals surface area contributed by atoms with Crippen LogP contribution < -0.4 is 0 Å². The maximum atomic E-state index is 9.40. The Morgan fingerprint density at radius 3 is 2.19 bits per heavy atom. The van der Waals surface area contributed by atoms with E-state index >= 15 is 0 Å². The minimum atomic E-state index is 0.310. The van der Waals surface area contributed by atoms with Gasteiger partial charge in [-0.3, -0.25) is 4.98 Å². The van der Waals surface area contributed by atoms with Crippen molar-refractivity contribution in [2.75, 3.05) is 0 Å². The Hall–Kier alpha value is -2.55. The van der Waals surface area contributed by atoms with Crippen molar-refractivity contribution in [3.05, 3.63) is 83.9 Å². The molecular formula is C18H18N2O. The summed E-state index contributed by atoms with van der Waals surface area (Å²) in [5.41, 5.74) is 3.74. The highest BCUT2D eigenvalue weighted by molar-refractivity contribution is 5.28. The third-order valence-corrected chi connectivity index (χ3v) is 3.71. The molecule has 0 fully saturated rings. The molecule has 2 heterocycles. The molecule has 0 saturated carbocycles. The quantitative estimate of drug-likeness (QED) is 0.748. The molecule has 0 bridgehead atoms. The molecule has 0 aliphatic carbocycles. The monoisotopic (exact) mass is 278 g/mol. The average Bonchev–Trinajstić information content (AvgIpc) is 3.04. The first-order valence-electron chi connectivity index (χ1n) is 7.11. The molecule has 0 spiro atoms. The summed E-state index contributed by atoms with van der Waals surface area (Å²) in [5, 5.41) is 9.40. The van der Waals surface area contributed by atoms with Gasteiger partial charge in [0, 0.05) is 30.2 Å². The van der Waals surface area contributed by atoms with Crippen molar-refractivity contribution in [2.45, 2.75) is 18.8 Å². The average molecular weight is 278 g/mol. The van der Waals surface area contributed by atoms with E-state index in [1.165, 1.54) is 16.8 Å². The highest BCUT2D eigenvalue weighted by atomic mass is 16.3. The normalized spacial score (nSPS) is 12.2. The number of aromatic hydroxyl groups is 1. The van der Waals surface area contributed by atoms with Crippen molar-refractivity contribution in [3.63, 3.8) is 0 Å². The standard InChI is InChI=1S/C18H18N2O/c21-17-5-3-14(4-6-17)12-16(18-2-1-9-20-18)13-15-7-10-19-11-8-15/h1-11,16,20-21H,12-13H2. The van der Waals surface area contributed by atoms with Crippen LogP contribution in [0.15, 0.2) is 67.1 Å². The fourth-order valence-corrected chi connectivity index (χ4v) is 2.61. The van der Waals surface area contributed by atoms with Crippen LogP contribution in [0.25, 0.3) is 0 Å². The minimum Gasteiger partial charge on any atom is -0.508 e. The lowest BCUT2D eigenvalue weighted by molar-refractivity contribution is 0.475. The van der Waals surface area contributed by atoms with Crippen LogP contribution in [0.4, 0.5) is 0 Å². The highest BCUT2D eigenvalue weighted by Crippen LogP contribution is 2.24. The number of nitrogens with zero attached hydrogens (tertiary/aromatic N) is 1. The molecule has 2 aromatic heterocycles. The zero-order chi connectivity index (χ0) is 14.5. The van der Waals surface area contributed by atoms with Crippen LogP contribution in [0.3, 0.4) is 0 Å². The summed E-state index contributed by atoms with van der Waals surface area (Å²) in [4.78, 5) is 7.40. The maximum absolute atomic E-state index is 9.40. The van der Waals surface area contributed by atoms with Gasteiger partial charge in [-0.2, -0.15) is 0 Å². The van der Waals surface area contributed by atoms with E-state index in [9.17, 15) is 5.11 Å². The van der Waals surface area contributed by atoms with Crippen LogP contribution in [0, 0.1) is 0 Å². The summed E-state index contributed by atoms with van der Waals surface area (Å²) in [6, 6.07) is 15.7. The number of aromatic nitrogens is 2. The van der Waals surface area contributed by atoms with Crippen LogP contribution in [0.2, 0.25) is 0 Å². The van der Waals surface area contributed by atoms with E-state index < -0.39 is 0 Å². The van der Waals surface area contributed by atoms with E-state index in [0.29, 0.717) is 11.7 Å². The zero-order valence-electron chi connectivity index (χ0n) is 11.7. The molecule has 2 N–H and O–H groups in total. The number of hydrogen-bond donors (Lipinski definition) is 2. The Morgan fingerprint density at radius 2 is 1.57 bits per heavy atom. The van der Waals surface area contributed by atoms with Gasteiger partial charge < -0.3 is 10.1 Å². The Bertz CT molecular complexity index is 660. The van der Waals surface area contributed by atoms with Crippen LogP contribution in [0.1, 0.15) is 22.7 Å². The lowest BCUT2D eigenvalue weighted by atomic mass is 9.90. The van der Waals surface area contributed by atoms with Gasteiger partial charge in [0.25, 0.3) is 0 Å². The van der Waals surface area contributed by atoms with Gasteiger partial charge in [-0.1, -0.05) is 12.1 Å². The number of rotatable bonds is 5. The Morgan fingerprint density at radius 1 is 0.905 bits per heavy atom. The van der Waals surface area contributed by atoms with Crippen molar-refractivity contribution >= 4 is 0 Å². The number of nitrogens with one attached hydrogen (secondary N) is 1.